The maximum Gasteiger partial charge on any atom is 0.222 e. The van der Waals surface area contributed by atoms with Crippen LogP contribution in [0.2, 0.25) is 0 Å². The van der Waals surface area contributed by atoms with Gasteiger partial charge >= 0.3 is 0 Å². The van der Waals surface area contributed by atoms with Crippen molar-refractivity contribution in [3.05, 3.63) is 41.3 Å². The zero-order valence-electron chi connectivity index (χ0n) is 13.7. The van der Waals surface area contributed by atoms with Crippen molar-refractivity contribution in [2.45, 2.75) is 25.9 Å². The molecule has 0 fully saturated rings. The van der Waals surface area contributed by atoms with E-state index in [-0.39, 0.29) is 24.4 Å². The molecule has 0 aliphatic heterocycles. The Bertz CT molecular complexity index is 732. The number of hydrogen-bond acceptors (Lipinski definition) is 7. The van der Waals surface area contributed by atoms with Crippen LogP contribution in [-0.4, -0.2) is 28.8 Å². The Hall–Kier alpha value is -2.58. The Balaban J connectivity index is 2.27. The lowest BCUT2D eigenvalue weighted by atomic mass is 10.1. The Kier molecular flexibility index (Phi) is 5.78. The summed E-state index contributed by atoms with van der Waals surface area (Å²) in [6.07, 6.45) is 0.511. The third-order valence-corrected chi connectivity index (χ3v) is 3.61. The largest absolute Gasteiger partial charge is 0.368 e. The molecule has 2 aromatic rings. The SMILES string of the molecule is CN[C@H](C)CC(=N)c1cc(Nc2ccc(F)cc2CN)nc(N)n1. The minimum atomic E-state index is -0.355. The molecule has 0 amide bonds. The molecule has 1 heterocycles. The number of nitrogens with two attached hydrogens (primary N) is 2. The second kappa shape index (κ2) is 7.80. The number of hydrogen-bond donors (Lipinski definition) is 5. The van der Waals surface area contributed by atoms with E-state index >= 15 is 0 Å². The molecule has 0 saturated carbocycles. The molecule has 0 aliphatic rings. The van der Waals surface area contributed by atoms with Gasteiger partial charge in [0.1, 0.15) is 11.6 Å². The Morgan fingerprint density at radius 1 is 1.33 bits per heavy atom. The van der Waals surface area contributed by atoms with Crippen LogP contribution in [0.1, 0.15) is 24.6 Å². The second-order valence-corrected chi connectivity index (χ2v) is 5.50. The summed E-state index contributed by atoms with van der Waals surface area (Å²) in [4.78, 5) is 8.23. The third kappa shape index (κ3) is 4.46. The van der Waals surface area contributed by atoms with E-state index < -0.39 is 0 Å². The standard InChI is InChI=1S/C16H22FN7/c1-9(21-2)5-12(19)14-7-15(24-16(20)23-14)22-13-4-3-11(17)6-10(13)8-18/h3-4,6-7,9,19,21H,5,8,18H2,1-2H3,(H3,20,22,23,24)/t9-/m1/s1. The summed E-state index contributed by atoms with van der Waals surface area (Å²) in [5.41, 5.74) is 13.5. The number of nitrogens with one attached hydrogen (secondary N) is 3. The van der Waals surface area contributed by atoms with E-state index in [0.717, 1.165) is 0 Å². The molecular weight excluding hydrogens is 309 g/mol. The molecule has 0 bridgehead atoms. The summed E-state index contributed by atoms with van der Waals surface area (Å²) in [5.74, 6) is 0.140. The number of nitrogens with zero attached hydrogens (tertiary/aromatic N) is 2. The molecule has 0 spiro atoms. The van der Waals surface area contributed by atoms with Crippen molar-refractivity contribution in [1.29, 1.82) is 5.41 Å². The maximum absolute atomic E-state index is 13.3. The van der Waals surface area contributed by atoms with Crippen LogP contribution in [0.3, 0.4) is 0 Å². The smallest absolute Gasteiger partial charge is 0.222 e. The summed E-state index contributed by atoms with van der Waals surface area (Å²) in [7, 11) is 1.84. The zero-order chi connectivity index (χ0) is 17.7. The van der Waals surface area contributed by atoms with Gasteiger partial charge in [-0.25, -0.2) is 9.37 Å². The molecule has 1 aromatic heterocycles. The Morgan fingerprint density at radius 2 is 2.08 bits per heavy atom. The number of rotatable bonds is 7. The zero-order valence-corrected chi connectivity index (χ0v) is 13.7. The van der Waals surface area contributed by atoms with E-state index in [1.807, 2.05) is 14.0 Å². The third-order valence-electron chi connectivity index (χ3n) is 3.61. The van der Waals surface area contributed by atoms with Crippen molar-refractivity contribution in [3.63, 3.8) is 0 Å². The van der Waals surface area contributed by atoms with Gasteiger partial charge in [0.2, 0.25) is 5.95 Å². The minimum absolute atomic E-state index is 0.0632. The number of nitrogen functional groups attached to an aromatic ring is 1. The predicted octanol–water partition coefficient (Wildman–Crippen LogP) is 1.77. The maximum atomic E-state index is 13.3. The van der Waals surface area contributed by atoms with Crippen LogP contribution in [0.15, 0.2) is 24.3 Å². The van der Waals surface area contributed by atoms with Gasteiger partial charge < -0.3 is 27.5 Å². The quantitative estimate of drug-likeness (QED) is 0.492. The monoisotopic (exact) mass is 331 g/mol. The average molecular weight is 331 g/mol. The van der Waals surface area contributed by atoms with E-state index in [4.69, 9.17) is 16.9 Å². The van der Waals surface area contributed by atoms with Crippen molar-refractivity contribution >= 4 is 23.2 Å². The first-order valence-electron chi connectivity index (χ1n) is 7.58. The Morgan fingerprint density at radius 3 is 2.75 bits per heavy atom. The van der Waals surface area contributed by atoms with Crippen LogP contribution in [0.4, 0.5) is 21.8 Å². The molecule has 0 aliphatic carbocycles. The highest BCUT2D eigenvalue weighted by Crippen LogP contribution is 2.22. The average Bonchev–Trinajstić information content (AvgIpc) is 2.55. The number of halogens is 1. The van der Waals surface area contributed by atoms with Gasteiger partial charge in [-0.15, -0.1) is 0 Å². The molecule has 128 valence electrons. The van der Waals surface area contributed by atoms with E-state index in [1.54, 1.807) is 12.1 Å². The molecule has 1 aromatic carbocycles. The summed E-state index contributed by atoms with van der Waals surface area (Å²) < 4.78 is 13.3. The first-order valence-corrected chi connectivity index (χ1v) is 7.58. The highest BCUT2D eigenvalue weighted by atomic mass is 19.1. The van der Waals surface area contributed by atoms with Crippen LogP contribution in [0.25, 0.3) is 0 Å². The van der Waals surface area contributed by atoms with E-state index in [1.165, 1.54) is 12.1 Å². The highest BCUT2D eigenvalue weighted by molar-refractivity contribution is 5.97. The van der Waals surface area contributed by atoms with Crippen molar-refractivity contribution in [2.75, 3.05) is 18.1 Å². The molecule has 7 nitrogen and oxygen atoms in total. The fourth-order valence-electron chi connectivity index (χ4n) is 2.19. The minimum Gasteiger partial charge on any atom is -0.368 e. The van der Waals surface area contributed by atoms with Crippen molar-refractivity contribution in [3.8, 4) is 0 Å². The van der Waals surface area contributed by atoms with Gasteiger partial charge in [-0.2, -0.15) is 4.98 Å². The molecule has 0 unspecified atom stereocenters. The first kappa shape index (κ1) is 17.8. The Labute approximate surface area is 140 Å². The summed E-state index contributed by atoms with van der Waals surface area (Å²) in [6.45, 7) is 2.16. The number of benzene rings is 1. The summed E-state index contributed by atoms with van der Waals surface area (Å²) in [5, 5.41) is 14.3. The molecule has 1 atom stereocenters. The van der Waals surface area contributed by atoms with Gasteiger partial charge in [-0.05, 0) is 37.7 Å². The van der Waals surface area contributed by atoms with Crippen molar-refractivity contribution in [1.82, 2.24) is 15.3 Å². The first-order chi connectivity index (χ1) is 11.4. The van der Waals surface area contributed by atoms with Gasteiger partial charge in [0.05, 0.1) is 11.4 Å². The van der Waals surface area contributed by atoms with E-state index in [9.17, 15) is 4.39 Å². The molecule has 8 heteroatoms. The molecule has 0 radical (unpaired) electrons. The summed E-state index contributed by atoms with van der Waals surface area (Å²) >= 11 is 0. The predicted molar refractivity (Wildman–Crippen MR) is 94.0 cm³/mol. The second-order valence-electron chi connectivity index (χ2n) is 5.50. The number of aromatic nitrogens is 2. The molecule has 7 N–H and O–H groups in total. The molecule has 0 saturated heterocycles. The van der Waals surface area contributed by atoms with Crippen LogP contribution in [0.5, 0.6) is 0 Å². The van der Waals surface area contributed by atoms with Crippen molar-refractivity contribution < 1.29 is 4.39 Å². The van der Waals surface area contributed by atoms with Gasteiger partial charge in [-0.1, -0.05) is 0 Å². The van der Waals surface area contributed by atoms with Gasteiger partial charge in [0.25, 0.3) is 0 Å². The van der Waals surface area contributed by atoms with Crippen molar-refractivity contribution in [2.24, 2.45) is 5.73 Å². The van der Waals surface area contributed by atoms with Crippen LogP contribution >= 0.6 is 0 Å². The van der Waals surface area contributed by atoms with Gasteiger partial charge in [-0.3, -0.25) is 0 Å². The highest BCUT2D eigenvalue weighted by Gasteiger charge is 2.12. The van der Waals surface area contributed by atoms with Crippen LogP contribution in [-0.2, 0) is 6.54 Å². The lowest BCUT2D eigenvalue weighted by Crippen LogP contribution is -2.25. The molecule has 2 rings (SSSR count). The lowest BCUT2D eigenvalue weighted by Gasteiger charge is -2.13. The lowest BCUT2D eigenvalue weighted by molar-refractivity contribution is 0.626. The van der Waals surface area contributed by atoms with Crippen LogP contribution in [0, 0.1) is 11.2 Å². The normalized spacial score (nSPS) is 12.0. The topological polar surface area (TPSA) is 126 Å². The summed E-state index contributed by atoms with van der Waals surface area (Å²) in [6, 6.07) is 6.08. The van der Waals surface area contributed by atoms with E-state index in [0.29, 0.717) is 34.9 Å². The fourth-order valence-corrected chi connectivity index (χ4v) is 2.19. The molecular formula is C16H22FN7. The van der Waals surface area contributed by atoms with Gasteiger partial charge in [0.15, 0.2) is 0 Å². The van der Waals surface area contributed by atoms with Gasteiger partial charge in [0, 0.05) is 30.8 Å². The molecule has 24 heavy (non-hydrogen) atoms. The van der Waals surface area contributed by atoms with E-state index in [2.05, 4.69) is 20.6 Å². The fraction of sp³-hybridized carbons (Fsp3) is 0.312. The van der Waals surface area contributed by atoms with Crippen LogP contribution < -0.4 is 22.1 Å². The number of anilines is 3.